The Kier molecular flexibility index (Phi) is 7.50. The standard InChI is InChI=1S/C30H35N3O6S/c1-30-26(28(36)33(30)24-13-7-11-20-10-5-6-12-22(20)24)32(18-40-30)27(35)25(34)23(16-19-8-3-2-4-9-19)31-29(37)39-21-14-15-38-17-21/h2-6,8-10,12,21,23-26,34H,7,11,13-18H2,1H3,(H,31,37)/t21-,23?,24-,25-,26+,30?/m0/s1. The molecule has 6 rings (SSSR count). The Bertz CT molecular complexity index is 1270. The summed E-state index contributed by atoms with van der Waals surface area (Å²) in [6.45, 7) is 2.87. The van der Waals surface area contributed by atoms with Crippen molar-refractivity contribution in [1.29, 1.82) is 0 Å². The SMILES string of the molecule is CC12SCN(C(=O)[C@@H](O)C(Cc3ccccc3)NC(=O)O[C@H]3CCOC3)[C@@H]1C(=O)N2[C@H]1CCCc2ccccc21. The van der Waals surface area contributed by atoms with Crippen LogP contribution in [0.25, 0.3) is 0 Å². The van der Waals surface area contributed by atoms with Crippen molar-refractivity contribution in [2.75, 3.05) is 19.1 Å². The van der Waals surface area contributed by atoms with Gasteiger partial charge in [0.15, 0.2) is 6.10 Å². The van der Waals surface area contributed by atoms with Crippen LogP contribution in [0, 0.1) is 0 Å². The molecular formula is C30H35N3O6S. The van der Waals surface area contributed by atoms with Gasteiger partial charge in [0.25, 0.3) is 5.91 Å². The number of likely N-dealkylation sites (tertiary alicyclic amines) is 1. The molecule has 0 radical (unpaired) electrons. The molecular weight excluding hydrogens is 530 g/mol. The van der Waals surface area contributed by atoms with Crippen LogP contribution in [-0.4, -0.2) is 81.1 Å². The summed E-state index contributed by atoms with van der Waals surface area (Å²) in [5, 5.41) is 14.0. The van der Waals surface area contributed by atoms with Crippen molar-refractivity contribution in [3.63, 3.8) is 0 Å². The van der Waals surface area contributed by atoms with Gasteiger partial charge in [-0.3, -0.25) is 9.59 Å². The zero-order chi connectivity index (χ0) is 27.9. The van der Waals surface area contributed by atoms with Gasteiger partial charge in [-0.05, 0) is 49.3 Å². The van der Waals surface area contributed by atoms with E-state index < -0.39 is 35.1 Å². The minimum atomic E-state index is -1.55. The fourth-order valence-corrected chi connectivity index (χ4v) is 7.95. The van der Waals surface area contributed by atoms with Crippen LogP contribution in [0.15, 0.2) is 54.6 Å². The number of carbonyl (C=O) groups excluding carboxylic acids is 3. The second-order valence-electron chi connectivity index (χ2n) is 11.1. The number of aliphatic hydroxyl groups is 1. The topological polar surface area (TPSA) is 108 Å². The van der Waals surface area contributed by atoms with Crippen LogP contribution in [0.4, 0.5) is 4.79 Å². The maximum absolute atomic E-state index is 13.7. The average molecular weight is 566 g/mol. The molecule has 2 aromatic rings. The first-order valence-corrected chi connectivity index (χ1v) is 15.0. The molecule has 1 aliphatic carbocycles. The highest BCUT2D eigenvalue weighted by molar-refractivity contribution is 8.01. The normalized spacial score (nSPS) is 28.8. The largest absolute Gasteiger partial charge is 0.444 e. The van der Waals surface area contributed by atoms with E-state index in [9.17, 15) is 19.5 Å². The number of hydrogen-bond acceptors (Lipinski definition) is 7. The molecule has 3 saturated heterocycles. The number of thioether (sulfide) groups is 1. The van der Waals surface area contributed by atoms with Crippen LogP contribution in [0.2, 0.25) is 0 Å². The molecule has 10 heteroatoms. The number of β-lactam (4-membered cyclic amide) rings is 1. The van der Waals surface area contributed by atoms with Crippen molar-refractivity contribution in [1.82, 2.24) is 15.1 Å². The number of alkyl carbamates (subject to hydrolysis) is 1. The molecule has 212 valence electrons. The number of aryl methyl sites for hydroxylation is 1. The van der Waals surface area contributed by atoms with Crippen LogP contribution < -0.4 is 5.32 Å². The number of amides is 3. The van der Waals surface area contributed by atoms with E-state index in [0.717, 1.165) is 24.8 Å². The highest BCUT2D eigenvalue weighted by Gasteiger charge is 2.67. The smallest absolute Gasteiger partial charge is 0.407 e. The third kappa shape index (κ3) is 4.86. The number of ether oxygens (including phenoxy) is 2. The van der Waals surface area contributed by atoms with Crippen molar-refractivity contribution >= 4 is 29.7 Å². The monoisotopic (exact) mass is 565 g/mol. The van der Waals surface area contributed by atoms with Gasteiger partial charge in [0, 0.05) is 6.42 Å². The lowest BCUT2D eigenvalue weighted by atomic mass is 9.82. The molecule has 3 fully saturated rings. The second kappa shape index (κ2) is 11.1. The van der Waals surface area contributed by atoms with Gasteiger partial charge in [0.1, 0.15) is 17.0 Å². The predicted octanol–water partition coefficient (Wildman–Crippen LogP) is 3.01. The predicted molar refractivity (Wildman–Crippen MR) is 149 cm³/mol. The Morgan fingerprint density at radius 1 is 1.18 bits per heavy atom. The molecule has 3 heterocycles. The summed E-state index contributed by atoms with van der Waals surface area (Å²) in [6.07, 6.45) is 1.13. The van der Waals surface area contributed by atoms with Gasteiger partial charge in [-0.1, -0.05) is 54.6 Å². The Labute approximate surface area is 238 Å². The van der Waals surface area contributed by atoms with Crippen LogP contribution in [0.3, 0.4) is 0 Å². The highest BCUT2D eigenvalue weighted by Crippen LogP contribution is 2.55. The average Bonchev–Trinajstić information content (AvgIpc) is 3.58. The lowest BCUT2D eigenvalue weighted by Crippen LogP contribution is -2.74. The van der Waals surface area contributed by atoms with Crippen LogP contribution >= 0.6 is 11.8 Å². The molecule has 40 heavy (non-hydrogen) atoms. The number of rotatable bonds is 7. The number of nitrogens with one attached hydrogen (secondary N) is 1. The number of nitrogens with zero attached hydrogens (tertiary/aromatic N) is 2. The van der Waals surface area contributed by atoms with Crippen LogP contribution in [-0.2, 0) is 31.9 Å². The Morgan fingerprint density at radius 3 is 2.73 bits per heavy atom. The van der Waals surface area contributed by atoms with E-state index in [2.05, 4.69) is 17.4 Å². The van der Waals surface area contributed by atoms with Crippen LogP contribution in [0.5, 0.6) is 0 Å². The molecule has 2 aromatic carbocycles. The molecule has 2 unspecified atom stereocenters. The maximum atomic E-state index is 13.7. The minimum Gasteiger partial charge on any atom is -0.444 e. The van der Waals surface area contributed by atoms with Crippen LogP contribution in [0.1, 0.15) is 48.9 Å². The van der Waals surface area contributed by atoms with Gasteiger partial charge < -0.3 is 29.7 Å². The summed E-state index contributed by atoms with van der Waals surface area (Å²) in [5.41, 5.74) is 3.31. The van der Waals surface area contributed by atoms with Gasteiger partial charge in [-0.15, -0.1) is 11.8 Å². The summed E-state index contributed by atoms with van der Waals surface area (Å²) in [4.78, 5) is 43.0. The molecule has 3 amide bonds. The van der Waals surface area contributed by atoms with E-state index in [0.29, 0.717) is 19.6 Å². The Morgan fingerprint density at radius 2 is 1.95 bits per heavy atom. The number of hydrogen-bond donors (Lipinski definition) is 2. The van der Waals surface area contributed by atoms with E-state index in [-0.39, 0.29) is 30.4 Å². The zero-order valence-electron chi connectivity index (χ0n) is 22.5. The first-order valence-electron chi connectivity index (χ1n) is 14.0. The van der Waals surface area contributed by atoms with Crippen molar-refractivity contribution in [3.05, 3.63) is 71.3 Å². The summed E-state index contributed by atoms with van der Waals surface area (Å²) >= 11 is 1.55. The molecule has 3 aliphatic heterocycles. The van der Waals surface area contributed by atoms with Gasteiger partial charge in [-0.2, -0.15) is 0 Å². The third-order valence-electron chi connectivity index (χ3n) is 8.59. The van der Waals surface area contributed by atoms with Gasteiger partial charge in [0.05, 0.1) is 31.2 Å². The van der Waals surface area contributed by atoms with E-state index in [1.54, 1.807) is 11.8 Å². The summed E-state index contributed by atoms with van der Waals surface area (Å²) in [6, 6.07) is 16.0. The number of fused-ring (bicyclic) bond motifs is 2. The molecule has 6 atom stereocenters. The third-order valence-corrected chi connectivity index (χ3v) is 10.0. The second-order valence-corrected chi connectivity index (χ2v) is 12.5. The first kappa shape index (κ1) is 27.1. The number of benzene rings is 2. The fourth-order valence-electron chi connectivity index (χ4n) is 6.54. The lowest BCUT2D eigenvalue weighted by molar-refractivity contribution is -0.172. The lowest BCUT2D eigenvalue weighted by Gasteiger charge is -2.56. The molecule has 0 saturated carbocycles. The van der Waals surface area contributed by atoms with Gasteiger partial charge in [-0.25, -0.2) is 4.79 Å². The molecule has 4 aliphatic rings. The quantitative estimate of drug-likeness (QED) is 0.497. The van der Waals surface area contributed by atoms with Gasteiger partial charge in [0.2, 0.25) is 5.91 Å². The summed E-state index contributed by atoms with van der Waals surface area (Å²) in [5.74, 6) is -0.373. The molecule has 0 aromatic heterocycles. The summed E-state index contributed by atoms with van der Waals surface area (Å²) in [7, 11) is 0. The Balaban J connectivity index is 1.18. The Hall–Kier alpha value is -3.08. The number of aliphatic hydroxyl groups excluding tert-OH is 1. The van der Waals surface area contributed by atoms with Crippen molar-refractivity contribution < 1.29 is 29.0 Å². The minimum absolute atomic E-state index is 0.0204. The number of carbonyl (C=O) groups is 3. The fraction of sp³-hybridized carbons (Fsp3) is 0.500. The molecule has 0 bridgehead atoms. The van der Waals surface area contributed by atoms with Crippen molar-refractivity contribution in [2.24, 2.45) is 0 Å². The van der Waals surface area contributed by atoms with Gasteiger partial charge >= 0.3 is 6.09 Å². The molecule has 9 nitrogen and oxygen atoms in total. The highest BCUT2D eigenvalue weighted by atomic mass is 32.2. The molecule has 2 N–H and O–H groups in total. The maximum Gasteiger partial charge on any atom is 0.407 e. The van der Waals surface area contributed by atoms with Crippen molar-refractivity contribution in [3.8, 4) is 0 Å². The van der Waals surface area contributed by atoms with E-state index >= 15 is 0 Å². The van der Waals surface area contributed by atoms with E-state index in [4.69, 9.17) is 9.47 Å². The van der Waals surface area contributed by atoms with E-state index in [1.807, 2.05) is 54.3 Å². The zero-order valence-corrected chi connectivity index (χ0v) is 23.3. The van der Waals surface area contributed by atoms with Crippen molar-refractivity contribution in [2.45, 2.75) is 74.2 Å². The summed E-state index contributed by atoms with van der Waals surface area (Å²) < 4.78 is 10.7. The van der Waals surface area contributed by atoms with E-state index in [1.165, 1.54) is 16.0 Å². The molecule has 0 spiro atoms. The first-order chi connectivity index (χ1) is 19.4.